The molecule has 1 atom stereocenters. The topological polar surface area (TPSA) is 109 Å². The molecule has 0 saturated carbocycles. The van der Waals surface area contributed by atoms with E-state index >= 15 is 0 Å². The summed E-state index contributed by atoms with van der Waals surface area (Å²) in [6, 6.07) is 7.60. The van der Waals surface area contributed by atoms with E-state index in [1.54, 1.807) is 13.0 Å². The monoisotopic (exact) mass is 460 g/mol. The van der Waals surface area contributed by atoms with Crippen LogP contribution >= 0.6 is 0 Å². The van der Waals surface area contributed by atoms with Crippen LogP contribution in [0.2, 0.25) is 0 Å². The van der Waals surface area contributed by atoms with E-state index in [1.165, 1.54) is 19.2 Å². The number of nitro groups is 1. The lowest BCUT2D eigenvalue weighted by Crippen LogP contribution is -2.32. The van der Waals surface area contributed by atoms with Crippen LogP contribution in [0.5, 0.6) is 23.0 Å². The lowest BCUT2D eigenvalue weighted by atomic mass is 9.95. The molecule has 0 aromatic heterocycles. The summed E-state index contributed by atoms with van der Waals surface area (Å²) in [6.45, 7) is 10.7. The second-order valence-electron chi connectivity index (χ2n) is 7.48. The molecule has 0 radical (unpaired) electrons. The molecule has 1 N–H and O–H groups in total. The Morgan fingerprint density at radius 1 is 0.939 bits per heavy atom. The number of benzene rings is 2. The molecule has 0 heterocycles. The first-order valence-electron chi connectivity index (χ1n) is 11.0. The molecule has 0 aliphatic rings. The average Bonchev–Trinajstić information content (AvgIpc) is 2.78. The third-order valence-corrected chi connectivity index (χ3v) is 4.90. The molecule has 1 unspecified atom stereocenters. The SMILES string of the molecule is CCOc1cc([N+](=O)[O-])c(C(=O)NC(c2ccc(OCC)c(OCC)c2)C(C)C)cc1OC. The van der Waals surface area contributed by atoms with Gasteiger partial charge in [0.1, 0.15) is 5.56 Å². The highest BCUT2D eigenvalue weighted by molar-refractivity contribution is 5.99. The van der Waals surface area contributed by atoms with Crippen LogP contribution in [0, 0.1) is 16.0 Å². The zero-order valence-corrected chi connectivity index (χ0v) is 20.0. The number of carbonyl (C=O) groups is 1. The predicted molar refractivity (Wildman–Crippen MR) is 125 cm³/mol. The van der Waals surface area contributed by atoms with Gasteiger partial charge < -0.3 is 24.3 Å². The number of nitro benzene ring substituents is 1. The standard InChI is InChI=1S/C24H32N2O7/c1-7-31-19-11-10-16(12-21(19)32-8-2)23(15(4)5)25-24(27)17-13-20(30-6)22(33-9-3)14-18(17)26(28)29/h10-15,23H,7-9H2,1-6H3,(H,25,27). The van der Waals surface area contributed by atoms with Crippen LogP contribution in [0.15, 0.2) is 30.3 Å². The van der Waals surface area contributed by atoms with Crippen LogP contribution in [0.25, 0.3) is 0 Å². The molecule has 9 nitrogen and oxygen atoms in total. The van der Waals surface area contributed by atoms with Crippen molar-refractivity contribution in [3.63, 3.8) is 0 Å². The minimum absolute atomic E-state index is 0.00924. The van der Waals surface area contributed by atoms with Gasteiger partial charge >= 0.3 is 0 Å². The van der Waals surface area contributed by atoms with Crippen LogP contribution < -0.4 is 24.3 Å². The van der Waals surface area contributed by atoms with Gasteiger partial charge in [0.2, 0.25) is 0 Å². The summed E-state index contributed by atoms with van der Waals surface area (Å²) in [4.78, 5) is 24.3. The van der Waals surface area contributed by atoms with Gasteiger partial charge in [-0.1, -0.05) is 19.9 Å². The molecular formula is C24H32N2O7. The fraction of sp³-hybridized carbons (Fsp3) is 0.458. The van der Waals surface area contributed by atoms with E-state index < -0.39 is 16.9 Å². The summed E-state index contributed by atoms with van der Waals surface area (Å²) in [5.41, 5.74) is 0.327. The van der Waals surface area contributed by atoms with Crippen molar-refractivity contribution in [1.82, 2.24) is 5.32 Å². The van der Waals surface area contributed by atoms with Gasteiger partial charge in [-0.2, -0.15) is 0 Å². The number of carbonyl (C=O) groups excluding carboxylic acids is 1. The average molecular weight is 461 g/mol. The fourth-order valence-electron chi connectivity index (χ4n) is 3.42. The van der Waals surface area contributed by atoms with E-state index in [0.717, 1.165) is 5.56 Å². The van der Waals surface area contributed by atoms with Crippen LogP contribution in [-0.2, 0) is 0 Å². The van der Waals surface area contributed by atoms with Gasteiger partial charge in [-0.15, -0.1) is 0 Å². The second-order valence-corrected chi connectivity index (χ2v) is 7.48. The largest absolute Gasteiger partial charge is 0.493 e. The third kappa shape index (κ3) is 6.27. The Kier molecular flexibility index (Phi) is 9.32. The molecule has 1 amide bonds. The number of ether oxygens (including phenoxy) is 4. The maximum absolute atomic E-state index is 13.2. The van der Waals surface area contributed by atoms with Crippen LogP contribution in [0.1, 0.15) is 56.6 Å². The lowest BCUT2D eigenvalue weighted by Gasteiger charge is -2.24. The number of amides is 1. The summed E-state index contributed by atoms with van der Waals surface area (Å²) in [5.74, 6) is 1.04. The third-order valence-electron chi connectivity index (χ3n) is 4.90. The molecule has 0 aliphatic heterocycles. The molecule has 180 valence electrons. The van der Waals surface area contributed by atoms with E-state index in [1.807, 2.05) is 39.8 Å². The van der Waals surface area contributed by atoms with E-state index in [-0.39, 0.29) is 28.7 Å². The van der Waals surface area contributed by atoms with Crippen molar-refractivity contribution >= 4 is 11.6 Å². The van der Waals surface area contributed by atoms with Crippen molar-refractivity contribution in [2.75, 3.05) is 26.9 Å². The van der Waals surface area contributed by atoms with E-state index in [0.29, 0.717) is 31.3 Å². The van der Waals surface area contributed by atoms with Gasteiger partial charge in [0.25, 0.3) is 11.6 Å². The maximum Gasteiger partial charge on any atom is 0.286 e. The quantitative estimate of drug-likeness (QED) is 0.353. The van der Waals surface area contributed by atoms with Gasteiger partial charge in [-0.3, -0.25) is 14.9 Å². The van der Waals surface area contributed by atoms with Crippen molar-refractivity contribution in [3.8, 4) is 23.0 Å². The Hall–Kier alpha value is -3.49. The summed E-state index contributed by atoms with van der Waals surface area (Å²) in [7, 11) is 1.41. The van der Waals surface area contributed by atoms with Crippen LogP contribution in [0.3, 0.4) is 0 Å². The molecule has 0 bridgehead atoms. The molecule has 0 spiro atoms. The van der Waals surface area contributed by atoms with Gasteiger partial charge in [0, 0.05) is 6.07 Å². The smallest absolute Gasteiger partial charge is 0.286 e. The first kappa shape index (κ1) is 25.8. The van der Waals surface area contributed by atoms with Gasteiger partial charge in [-0.05, 0) is 44.4 Å². The van der Waals surface area contributed by atoms with Crippen molar-refractivity contribution in [3.05, 3.63) is 51.6 Å². The van der Waals surface area contributed by atoms with E-state index in [9.17, 15) is 14.9 Å². The Labute approximate surface area is 194 Å². The van der Waals surface area contributed by atoms with Crippen molar-refractivity contribution in [1.29, 1.82) is 0 Å². The predicted octanol–water partition coefficient (Wildman–Crippen LogP) is 4.93. The summed E-state index contributed by atoms with van der Waals surface area (Å²) < 4.78 is 22.0. The number of rotatable bonds is 12. The summed E-state index contributed by atoms with van der Waals surface area (Å²) in [5, 5.41) is 14.6. The highest BCUT2D eigenvalue weighted by atomic mass is 16.6. The zero-order valence-electron chi connectivity index (χ0n) is 20.0. The van der Waals surface area contributed by atoms with Crippen molar-refractivity contribution < 1.29 is 28.7 Å². The summed E-state index contributed by atoms with van der Waals surface area (Å²) in [6.07, 6.45) is 0. The minimum atomic E-state index is -0.606. The maximum atomic E-state index is 13.2. The molecule has 2 rings (SSSR count). The van der Waals surface area contributed by atoms with E-state index in [2.05, 4.69) is 5.32 Å². The Bertz CT molecular complexity index is 976. The molecular weight excluding hydrogens is 428 g/mol. The van der Waals surface area contributed by atoms with Crippen molar-refractivity contribution in [2.45, 2.75) is 40.7 Å². The Balaban J connectivity index is 2.45. The van der Waals surface area contributed by atoms with Gasteiger partial charge in [0.05, 0.1) is 44.0 Å². The molecule has 0 aliphatic carbocycles. The fourth-order valence-corrected chi connectivity index (χ4v) is 3.42. The second kappa shape index (κ2) is 11.9. The van der Waals surface area contributed by atoms with Crippen LogP contribution in [-0.4, -0.2) is 37.8 Å². The van der Waals surface area contributed by atoms with E-state index in [4.69, 9.17) is 18.9 Å². The number of methoxy groups -OCH3 is 1. The normalized spacial score (nSPS) is 11.6. The van der Waals surface area contributed by atoms with Gasteiger partial charge in [0.15, 0.2) is 23.0 Å². The zero-order chi connectivity index (χ0) is 24.5. The number of hydrogen-bond donors (Lipinski definition) is 1. The Morgan fingerprint density at radius 3 is 2.03 bits per heavy atom. The number of nitrogens with zero attached hydrogens (tertiary/aromatic N) is 1. The number of hydrogen-bond acceptors (Lipinski definition) is 7. The first-order valence-corrected chi connectivity index (χ1v) is 11.0. The molecule has 0 fully saturated rings. The highest BCUT2D eigenvalue weighted by Gasteiger charge is 2.28. The van der Waals surface area contributed by atoms with Gasteiger partial charge in [-0.25, -0.2) is 0 Å². The Morgan fingerprint density at radius 2 is 1.52 bits per heavy atom. The molecule has 33 heavy (non-hydrogen) atoms. The molecule has 2 aromatic rings. The van der Waals surface area contributed by atoms with Crippen molar-refractivity contribution in [2.24, 2.45) is 5.92 Å². The highest BCUT2D eigenvalue weighted by Crippen LogP contribution is 2.36. The number of nitrogens with one attached hydrogen (secondary N) is 1. The lowest BCUT2D eigenvalue weighted by molar-refractivity contribution is -0.385. The molecule has 2 aromatic carbocycles. The molecule has 0 saturated heterocycles. The summed E-state index contributed by atoms with van der Waals surface area (Å²) >= 11 is 0. The molecule has 9 heteroatoms. The van der Waals surface area contributed by atoms with Crippen LogP contribution in [0.4, 0.5) is 5.69 Å². The first-order chi connectivity index (χ1) is 15.8. The minimum Gasteiger partial charge on any atom is -0.493 e.